The first-order valence-corrected chi connectivity index (χ1v) is 11.6. The number of pyridine rings is 1. The number of ether oxygens (including phenoxy) is 3. The number of carbonyl (C=O) groups is 2. The number of hydrogen-bond donors (Lipinski definition) is 1. The van der Waals surface area contributed by atoms with Crippen molar-refractivity contribution in [2.45, 2.75) is 39.3 Å². The fourth-order valence-corrected chi connectivity index (χ4v) is 4.46. The molecule has 1 atom stereocenters. The molecule has 8 heteroatoms. The molecule has 0 radical (unpaired) electrons. The van der Waals surface area contributed by atoms with Gasteiger partial charge in [-0.05, 0) is 31.2 Å². The number of aromatic nitrogens is 1. The van der Waals surface area contributed by atoms with Gasteiger partial charge in [0.25, 0.3) is 5.91 Å². The summed E-state index contributed by atoms with van der Waals surface area (Å²) in [5.41, 5.74) is 3.63. The Bertz CT molecular complexity index is 1260. The molecule has 0 saturated heterocycles. The van der Waals surface area contributed by atoms with Gasteiger partial charge < -0.3 is 19.5 Å². The number of anilines is 1. The van der Waals surface area contributed by atoms with E-state index < -0.39 is 18.0 Å². The molecule has 0 saturated carbocycles. The molecule has 2 aliphatic rings. The lowest BCUT2D eigenvalue weighted by Gasteiger charge is -2.29. The number of rotatable bonds is 6. The van der Waals surface area contributed by atoms with Gasteiger partial charge in [-0.2, -0.15) is 0 Å². The number of nitrogens with zero attached hydrogens (tertiary/aromatic N) is 2. The molecule has 3 aromatic rings. The smallest absolute Gasteiger partial charge is 0.340 e. The van der Waals surface area contributed by atoms with E-state index in [0.717, 1.165) is 41.7 Å². The van der Waals surface area contributed by atoms with Crippen LogP contribution in [0.1, 0.15) is 41.9 Å². The lowest BCUT2D eigenvalue weighted by molar-refractivity contribution is -0.124. The molecule has 1 aromatic heterocycles. The van der Waals surface area contributed by atoms with Gasteiger partial charge in [-0.1, -0.05) is 32.0 Å². The van der Waals surface area contributed by atoms with Crippen LogP contribution in [0.3, 0.4) is 0 Å². The maximum Gasteiger partial charge on any atom is 0.340 e. The molecule has 1 unspecified atom stereocenters. The van der Waals surface area contributed by atoms with Crippen LogP contribution in [-0.2, 0) is 22.5 Å². The molecule has 3 heterocycles. The van der Waals surface area contributed by atoms with Crippen molar-refractivity contribution in [2.75, 3.05) is 25.2 Å². The Morgan fingerprint density at radius 3 is 2.79 bits per heavy atom. The summed E-state index contributed by atoms with van der Waals surface area (Å²) in [7, 11) is 0. The van der Waals surface area contributed by atoms with Gasteiger partial charge in [0.2, 0.25) is 6.79 Å². The van der Waals surface area contributed by atoms with Crippen LogP contribution < -0.4 is 14.8 Å². The molecule has 1 N–H and O–H groups in total. The summed E-state index contributed by atoms with van der Waals surface area (Å²) in [6.07, 6.45) is 0.177. The van der Waals surface area contributed by atoms with E-state index in [1.54, 1.807) is 18.2 Å². The van der Waals surface area contributed by atoms with Crippen LogP contribution in [0.4, 0.5) is 5.69 Å². The van der Waals surface area contributed by atoms with Crippen molar-refractivity contribution < 1.29 is 23.8 Å². The SMILES string of the molecule is CCC(OC(=O)c1c2c(nc3ccccc13)CCN(CC)C2)C(=O)Nc1ccc2c(c1)OCO2. The summed E-state index contributed by atoms with van der Waals surface area (Å²) >= 11 is 0. The molecule has 0 fully saturated rings. The lowest BCUT2D eigenvalue weighted by Crippen LogP contribution is -2.35. The molecule has 8 nitrogen and oxygen atoms in total. The summed E-state index contributed by atoms with van der Waals surface area (Å²) in [6, 6.07) is 12.7. The second-order valence-corrected chi connectivity index (χ2v) is 8.41. The summed E-state index contributed by atoms with van der Waals surface area (Å²) < 4.78 is 16.5. The van der Waals surface area contributed by atoms with Crippen LogP contribution in [0.2, 0.25) is 0 Å². The first kappa shape index (κ1) is 22.2. The fraction of sp³-hybridized carbons (Fsp3) is 0.346. The van der Waals surface area contributed by atoms with Gasteiger partial charge in [0, 0.05) is 47.9 Å². The highest BCUT2D eigenvalue weighted by Gasteiger charge is 2.29. The standard InChI is InChI=1S/C26H27N3O5/c1-3-21(25(30)27-16-9-10-22-23(13-16)33-15-32-22)34-26(31)24-17-7-5-6-8-19(17)28-20-11-12-29(4-2)14-18(20)24/h5-10,13,21H,3-4,11-12,14-15H2,1-2H3,(H,27,30). The average molecular weight is 462 g/mol. The number of hydrogen-bond acceptors (Lipinski definition) is 7. The predicted molar refractivity (Wildman–Crippen MR) is 127 cm³/mol. The van der Waals surface area contributed by atoms with Crippen LogP contribution in [0.25, 0.3) is 10.9 Å². The summed E-state index contributed by atoms with van der Waals surface area (Å²) in [4.78, 5) is 33.6. The molecule has 0 aliphatic carbocycles. The van der Waals surface area contributed by atoms with E-state index in [-0.39, 0.29) is 6.79 Å². The number of nitrogens with one attached hydrogen (secondary N) is 1. The fourth-order valence-electron chi connectivity index (χ4n) is 4.46. The van der Waals surface area contributed by atoms with Gasteiger partial charge in [0.15, 0.2) is 17.6 Å². The molecule has 0 bridgehead atoms. The van der Waals surface area contributed by atoms with Crippen molar-refractivity contribution in [2.24, 2.45) is 0 Å². The summed E-state index contributed by atoms with van der Waals surface area (Å²) in [5, 5.41) is 3.57. The normalized spacial score (nSPS) is 15.6. The Kier molecular flexibility index (Phi) is 6.06. The number of benzene rings is 2. The highest BCUT2D eigenvalue weighted by molar-refractivity contribution is 6.06. The first-order valence-electron chi connectivity index (χ1n) is 11.6. The number of fused-ring (bicyclic) bond motifs is 3. The Labute approximate surface area is 197 Å². The van der Waals surface area contributed by atoms with Crippen molar-refractivity contribution in [1.29, 1.82) is 0 Å². The predicted octanol–water partition coefficient (Wildman–Crippen LogP) is 3.92. The molecule has 34 heavy (non-hydrogen) atoms. The number of amides is 1. The number of esters is 1. The van der Waals surface area contributed by atoms with Gasteiger partial charge >= 0.3 is 5.97 Å². The summed E-state index contributed by atoms with van der Waals surface area (Å²) in [5.74, 6) is 0.308. The molecule has 2 aromatic carbocycles. The zero-order valence-corrected chi connectivity index (χ0v) is 19.3. The van der Waals surface area contributed by atoms with Gasteiger partial charge in [-0.3, -0.25) is 14.7 Å². The quantitative estimate of drug-likeness (QED) is 0.557. The number of para-hydroxylation sites is 1. The molecule has 0 spiro atoms. The second kappa shape index (κ2) is 9.30. The minimum Gasteiger partial charge on any atom is -0.454 e. The minimum atomic E-state index is -0.939. The minimum absolute atomic E-state index is 0.154. The third-order valence-electron chi connectivity index (χ3n) is 6.33. The highest BCUT2D eigenvalue weighted by Crippen LogP contribution is 2.34. The Morgan fingerprint density at radius 2 is 1.97 bits per heavy atom. The van der Waals surface area contributed by atoms with Gasteiger partial charge in [-0.25, -0.2) is 4.79 Å². The van der Waals surface area contributed by atoms with Gasteiger partial charge in [0.1, 0.15) is 0 Å². The third-order valence-corrected chi connectivity index (χ3v) is 6.33. The molecular formula is C26H27N3O5. The van der Waals surface area contributed by atoms with E-state index in [1.807, 2.05) is 31.2 Å². The Hall–Kier alpha value is -3.65. The van der Waals surface area contributed by atoms with Crippen molar-refractivity contribution in [1.82, 2.24) is 9.88 Å². The van der Waals surface area contributed by atoms with Crippen molar-refractivity contribution in [3.05, 3.63) is 59.3 Å². The van der Waals surface area contributed by atoms with E-state index >= 15 is 0 Å². The van der Waals surface area contributed by atoms with Crippen molar-refractivity contribution >= 4 is 28.5 Å². The van der Waals surface area contributed by atoms with Crippen molar-refractivity contribution in [3.63, 3.8) is 0 Å². The maximum atomic E-state index is 13.5. The lowest BCUT2D eigenvalue weighted by atomic mass is 9.95. The van der Waals surface area contributed by atoms with E-state index in [4.69, 9.17) is 19.2 Å². The summed E-state index contributed by atoms with van der Waals surface area (Å²) in [6.45, 7) is 6.49. The van der Waals surface area contributed by atoms with Gasteiger partial charge in [0.05, 0.1) is 11.1 Å². The average Bonchev–Trinajstić information content (AvgIpc) is 3.33. The topological polar surface area (TPSA) is 90.0 Å². The molecule has 1 amide bonds. The van der Waals surface area contributed by atoms with E-state index in [2.05, 4.69) is 17.1 Å². The van der Waals surface area contributed by atoms with E-state index in [0.29, 0.717) is 35.7 Å². The number of carbonyl (C=O) groups excluding carboxylic acids is 2. The largest absolute Gasteiger partial charge is 0.454 e. The monoisotopic (exact) mass is 461 g/mol. The van der Waals surface area contributed by atoms with Gasteiger partial charge in [-0.15, -0.1) is 0 Å². The first-order chi connectivity index (χ1) is 16.6. The highest BCUT2D eigenvalue weighted by atomic mass is 16.7. The van der Waals surface area contributed by atoms with Crippen LogP contribution in [0, 0.1) is 0 Å². The molecule has 5 rings (SSSR count). The van der Waals surface area contributed by atoms with E-state index in [1.165, 1.54) is 0 Å². The number of likely N-dealkylation sites (N-methyl/N-ethyl adjacent to an activating group) is 1. The van der Waals surface area contributed by atoms with Crippen molar-refractivity contribution in [3.8, 4) is 11.5 Å². The Morgan fingerprint density at radius 1 is 1.15 bits per heavy atom. The van der Waals surface area contributed by atoms with Crippen LogP contribution in [-0.4, -0.2) is 47.7 Å². The maximum absolute atomic E-state index is 13.5. The van der Waals surface area contributed by atoms with Crippen LogP contribution >= 0.6 is 0 Å². The van der Waals surface area contributed by atoms with E-state index in [9.17, 15) is 9.59 Å². The third kappa shape index (κ3) is 4.17. The Balaban J connectivity index is 1.41. The second-order valence-electron chi connectivity index (χ2n) is 8.41. The molecular weight excluding hydrogens is 434 g/mol. The van der Waals surface area contributed by atoms with Crippen LogP contribution in [0.15, 0.2) is 42.5 Å². The zero-order chi connectivity index (χ0) is 23.7. The zero-order valence-electron chi connectivity index (χ0n) is 19.3. The molecule has 176 valence electrons. The van der Waals surface area contributed by atoms with Crippen LogP contribution in [0.5, 0.6) is 11.5 Å². The molecule has 2 aliphatic heterocycles.